The van der Waals surface area contributed by atoms with Crippen molar-refractivity contribution < 1.29 is 23.8 Å². The summed E-state index contributed by atoms with van der Waals surface area (Å²) < 4.78 is 16.4. The zero-order valence-electron chi connectivity index (χ0n) is 17.3. The summed E-state index contributed by atoms with van der Waals surface area (Å²) >= 11 is 0. The van der Waals surface area contributed by atoms with Gasteiger partial charge >= 0.3 is 11.8 Å². The van der Waals surface area contributed by atoms with E-state index in [4.69, 9.17) is 14.2 Å². The van der Waals surface area contributed by atoms with Crippen molar-refractivity contribution in [1.82, 2.24) is 15.5 Å². The van der Waals surface area contributed by atoms with Crippen molar-refractivity contribution in [2.45, 2.75) is 12.5 Å². The number of ether oxygens (including phenoxy) is 3. The van der Waals surface area contributed by atoms with Crippen molar-refractivity contribution >= 4 is 11.8 Å². The smallest absolute Gasteiger partial charge is 0.309 e. The highest BCUT2D eigenvalue weighted by molar-refractivity contribution is 6.35. The summed E-state index contributed by atoms with van der Waals surface area (Å²) in [7, 11) is 0. The van der Waals surface area contributed by atoms with E-state index in [2.05, 4.69) is 15.5 Å². The summed E-state index contributed by atoms with van der Waals surface area (Å²) in [6.45, 7) is 3.69. The summed E-state index contributed by atoms with van der Waals surface area (Å²) in [5, 5.41) is 5.48. The average Bonchev–Trinajstić information content (AvgIpc) is 3.28. The van der Waals surface area contributed by atoms with E-state index in [0.717, 1.165) is 24.2 Å². The van der Waals surface area contributed by atoms with E-state index in [0.29, 0.717) is 44.2 Å². The van der Waals surface area contributed by atoms with Crippen LogP contribution in [0, 0.1) is 0 Å². The van der Waals surface area contributed by atoms with Gasteiger partial charge in [0.1, 0.15) is 0 Å². The molecule has 0 saturated carbocycles. The maximum Gasteiger partial charge on any atom is 0.309 e. The topological polar surface area (TPSA) is 89.1 Å². The molecule has 1 fully saturated rings. The van der Waals surface area contributed by atoms with Crippen LogP contribution in [0.15, 0.2) is 48.5 Å². The van der Waals surface area contributed by atoms with Gasteiger partial charge in [-0.05, 0) is 29.7 Å². The standard InChI is InChI=1S/C23H27N3O5/c27-22(24-9-8-17-4-2-1-3-5-17)23(28)25-15-19(26-10-12-29-13-11-26)18-6-7-20-21(14-18)31-16-30-20/h1-7,14,19H,8-13,15-16H2,(H,24,27)(H,25,28). The Morgan fingerprint density at radius 1 is 0.935 bits per heavy atom. The van der Waals surface area contributed by atoms with Gasteiger partial charge in [-0.1, -0.05) is 36.4 Å². The van der Waals surface area contributed by atoms with Crippen LogP contribution in [-0.2, 0) is 20.7 Å². The third-order valence-electron chi connectivity index (χ3n) is 5.47. The number of carbonyl (C=O) groups excluding carboxylic acids is 2. The van der Waals surface area contributed by atoms with Gasteiger partial charge in [0, 0.05) is 26.2 Å². The van der Waals surface area contributed by atoms with Gasteiger partial charge in [0.2, 0.25) is 6.79 Å². The molecule has 1 unspecified atom stereocenters. The molecule has 8 heteroatoms. The molecule has 31 heavy (non-hydrogen) atoms. The Morgan fingerprint density at radius 2 is 1.68 bits per heavy atom. The first kappa shape index (κ1) is 21.1. The predicted molar refractivity (Wildman–Crippen MR) is 114 cm³/mol. The largest absolute Gasteiger partial charge is 0.454 e. The summed E-state index contributed by atoms with van der Waals surface area (Å²) in [4.78, 5) is 26.8. The highest BCUT2D eigenvalue weighted by atomic mass is 16.7. The second kappa shape index (κ2) is 10.3. The number of hydrogen-bond acceptors (Lipinski definition) is 6. The van der Waals surface area contributed by atoms with Crippen LogP contribution in [0.2, 0.25) is 0 Å². The quantitative estimate of drug-likeness (QED) is 0.650. The molecule has 1 atom stereocenters. The monoisotopic (exact) mass is 425 g/mol. The number of fused-ring (bicyclic) bond motifs is 1. The first-order valence-corrected chi connectivity index (χ1v) is 10.5. The minimum atomic E-state index is -0.632. The molecule has 164 valence electrons. The molecule has 8 nitrogen and oxygen atoms in total. The van der Waals surface area contributed by atoms with Crippen LogP contribution in [0.3, 0.4) is 0 Å². The van der Waals surface area contributed by atoms with Gasteiger partial charge in [-0.25, -0.2) is 0 Å². The molecule has 2 aliphatic heterocycles. The van der Waals surface area contributed by atoms with Crippen molar-refractivity contribution in [1.29, 1.82) is 0 Å². The fourth-order valence-corrected chi connectivity index (χ4v) is 3.78. The molecule has 0 aliphatic carbocycles. The third-order valence-corrected chi connectivity index (χ3v) is 5.47. The number of nitrogens with one attached hydrogen (secondary N) is 2. The first-order valence-electron chi connectivity index (χ1n) is 10.5. The number of amides is 2. The number of hydrogen-bond donors (Lipinski definition) is 2. The van der Waals surface area contributed by atoms with Gasteiger partial charge in [0.15, 0.2) is 11.5 Å². The lowest BCUT2D eigenvalue weighted by Crippen LogP contribution is -2.47. The van der Waals surface area contributed by atoms with E-state index in [1.807, 2.05) is 48.5 Å². The molecular formula is C23H27N3O5. The van der Waals surface area contributed by atoms with Gasteiger partial charge in [-0.15, -0.1) is 0 Å². The fraction of sp³-hybridized carbons (Fsp3) is 0.391. The molecule has 2 amide bonds. The molecular weight excluding hydrogens is 398 g/mol. The number of morpholine rings is 1. The van der Waals surface area contributed by atoms with Crippen molar-refractivity contribution in [2.75, 3.05) is 46.2 Å². The molecule has 2 aromatic rings. The van der Waals surface area contributed by atoms with Crippen LogP contribution in [0.1, 0.15) is 17.2 Å². The van der Waals surface area contributed by atoms with Crippen LogP contribution in [0.5, 0.6) is 11.5 Å². The SMILES string of the molecule is O=C(NCCc1ccccc1)C(=O)NCC(c1ccc2c(c1)OCO2)N1CCOCC1. The minimum Gasteiger partial charge on any atom is -0.454 e. The van der Waals surface area contributed by atoms with Crippen molar-refractivity contribution in [3.8, 4) is 11.5 Å². The Kier molecular flexibility index (Phi) is 7.01. The fourth-order valence-electron chi connectivity index (χ4n) is 3.78. The first-order chi connectivity index (χ1) is 15.2. The van der Waals surface area contributed by atoms with Crippen LogP contribution in [0.25, 0.3) is 0 Å². The molecule has 0 spiro atoms. The lowest BCUT2D eigenvalue weighted by Gasteiger charge is -2.34. The van der Waals surface area contributed by atoms with Crippen LogP contribution in [0.4, 0.5) is 0 Å². The molecule has 4 rings (SSSR count). The molecule has 1 saturated heterocycles. The number of benzene rings is 2. The van der Waals surface area contributed by atoms with Gasteiger partial charge in [-0.2, -0.15) is 0 Å². The lowest BCUT2D eigenvalue weighted by atomic mass is 10.0. The molecule has 0 radical (unpaired) electrons. The second-order valence-corrected chi connectivity index (χ2v) is 7.48. The normalized spacial score (nSPS) is 16.5. The highest BCUT2D eigenvalue weighted by Gasteiger charge is 2.26. The number of rotatable bonds is 7. The van der Waals surface area contributed by atoms with Gasteiger partial charge in [0.25, 0.3) is 0 Å². The van der Waals surface area contributed by atoms with Crippen LogP contribution >= 0.6 is 0 Å². The molecule has 0 aromatic heterocycles. The predicted octanol–water partition coefficient (Wildman–Crippen LogP) is 1.26. The average molecular weight is 425 g/mol. The highest BCUT2D eigenvalue weighted by Crippen LogP contribution is 2.35. The Morgan fingerprint density at radius 3 is 2.48 bits per heavy atom. The van der Waals surface area contributed by atoms with Crippen molar-refractivity contribution in [3.05, 3.63) is 59.7 Å². The second-order valence-electron chi connectivity index (χ2n) is 7.48. The van der Waals surface area contributed by atoms with Gasteiger partial charge in [-0.3, -0.25) is 14.5 Å². The van der Waals surface area contributed by atoms with E-state index in [-0.39, 0.29) is 12.8 Å². The lowest BCUT2D eigenvalue weighted by molar-refractivity contribution is -0.139. The van der Waals surface area contributed by atoms with E-state index in [1.165, 1.54) is 0 Å². The van der Waals surface area contributed by atoms with Crippen LogP contribution in [-0.4, -0.2) is 62.9 Å². The summed E-state index contributed by atoms with van der Waals surface area (Å²) in [6.07, 6.45) is 0.674. The Bertz CT molecular complexity index is 899. The van der Waals surface area contributed by atoms with Crippen molar-refractivity contribution in [3.63, 3.8) is 0 Å². The number of carbonyl (C=O) groups is 2. The summed E-state index contributed by atoms with van der Waals surface area (Å²) in [5.41, 5.74) is 2.11. The Balaban J connectivity index is 1.34. The van der Waals surface area contributed by atoms with Crippen molar-refractivity contribution in [2.24, 2.45) is 0 Å². The summed E-state index contributed by atoms with van der Waals surface area (Å²) in [6, 6.07) is 15.5. The zero-order valence-corrected chi connectivity index (χ0v) is 17.3. The third kappa shape index (κ3) is 5.53. The summed E-state index contributed by atoms with van der Waals surface area (Å²) in [5.74, 6) is 0.154. The van der Waals surface area contributed by atoms with Crippen LogP contribution < -0.4 is 20.1 Å². The molecule has 2 N–H and O–H groups in total. The zero-order chi connectivity index (χ0) is 21.5. The maximum absolute atomic E-state index is 12.4. The Hall–Kier alpha value is -3.10. The van der Waals surface area contributed by atoms with Gasteiger partial charge < -0.3 is 24.8 Å². The minimum absolute atomic E-state index is 0.0977. The molecule has 2 aromatic carbocycles. The van der Waals surface area contributed by atoms with E-state index in [9.17, 15) is 9.59 Å². The molecule has 0 bridgehead atoms. The Labute approximate surface area is 181 Å². The van der Waals surface area contributed by atoms with Gasteiger partial charge in [0.05, 0.1) is 19.3 Å². The maximum atomic E-state index is 12.4. The number of nitrogens with zero attached hydrogens (tertiary/aromatic N) is 1. The molecule has 2 heterocycles. The van der Waals surface area contributed by atoms with E-state index in [1.54, 1.807) is 0 Å². The molecule has 2 aliphatic rings. The van der Waals surface area contributed by atoms with E-state index < -0.39 is 11.8 Å². The van der Waals surface area contributed by atoms with E-state index >= 15 is 0 Å².